The Hall–Kier alpha value is -0.700. The van der Waals surface area contributed by atoms with Crippen LogP contribution in [0.15, 0.2) is 65.1 Å². The van der Waals surface area contributed by atoms with Crippen LogP contribution in [0.25, 0.3) is 22.4 Å². The van der Waals surface area contributed by atoms with Crippen molar-refractivity contribution < 1.29 is 49.5 Å². The van der Waals surface area contributed by atoms with Crippen molar-refractivity contribution in [3.05, 3.63) is 92.2 Å². The maximum absolute atomic E-state index is 2.51. The predicted molar refractivity (Wildman–Crippen MR) is 144 cm³/mol. The molecule has 2 bridgehead atoms. The molecule has 2 atom stereocenters. The minimum absolute atomic E-state index is 0. The number of fused-ring (bicyclic) bond motifs is 1. The molecule has 2 aromatic carbocycles. The Morgan fingerprint density at radius 3 is 2.29 bits per heavy atom. The quantitative estimate of drug-likeness (QED) is 0.396. The minimum Gasteiger partial charge on any atom is -1.00 e. The fourth-order valence-corrected chi connectivity index (χ4v) is 13.2. The molecular formula is C30H33Cl2SSiZr. The molecule has 35 heavy (non-hydrogen) atoms. The summed E-state index contributed by atoms with van der Waals surface area (Å²) in [6.45, 7) is 11.8. The minimum atomic E-state index is -0.972. The number of aryl methyl sites for hydroxylation is 1. The molecule has 0 spiro atoms. The first-order valence-corrected chi connectivity index (χ1v) is 17.6. The van der Waals surface area contributed by atoms with Gasteiger partial charge in [0, 0.05) is 10.4 Å². The molecule has 0 amide bonds. The summed E-state index contributed by atoms with van der Waals surface area (Å²) in [6, 6.07) is 18.3. The van der Waals surface area contributed by atoms with Gasteiger partial charge in [0.25, 0.3) is 0 Å². The number of hydrogen-bond donors (Lipinski definition) is 0. The Balaban J connectivity index is 0.000000208. The van der Waals surface area contributed by atoms with Gasteiger partial charge in [-0.05, 0) is 29.1 Å². The van der Waals surface area contributed by atoms with Crippen molar-refractivity contribution in [2.24, 2.45) is 0 Å². The first-order chi connectivity index (χ1) is 15.8. The molecular weight excluding hydrogens is 583 g/mol. The van der Waals surface area contributed by atoms with Crippen LogP contribution in [-0.2, 0) is 31.1 Å². The van der Waals surface area contributed by atoms with Crippen LogP contribution in [0.3, 0.4) is 0 Å². The molecule has 7 rings (SSSR count). The molecule has 0 saturated carbocycles. The molecule has 0 radical (unpaired) electrons. The molecule has 5 heteroatoms. The zero-order valence-corrected chi connectivity index (χ0v) is 27.0. The van der Waals surface area contributed by atoms with E-state index in [1.165, 1.54) is 52.7 Å². The summed E-state index contributed by atoms with van der Waals surface area (Å²) in [5.41, 5.74) is 12.9. The molecule has 3 heterocycles. The summed E-state index contributed by atoms with van der Waals surface area (Å²) in [7, 11) is -0.972. The second-order valence-electron chi connectivity index (χ2n) is 10.3. The van der Waals surface area contributed by atoms with E-state index in [9.17, 15) is 0 Å². The molecule has 2 aliphatic heterocycles. The van der Waals surface area contributed by atoms with Crippen molar-refractivity contribution in [3.8, 4) is 11.1 Å². The number of hydrogen-bond acceptors (Lipinski definition) is 1. The predicted octanol–water partition coefficient (Wildman–Crippen LogP) is 3.13. The summed E-state index contributed by atoms with van der Waals surface area (Å²) in [6.07, 6.45) is 6.12. The monoisotopic (exact) mass is 613 g/mol. The number of rotatable bonds is 4. The molecule has 0 N–H and O–H groups in total. The van der Waals surface area contributed by atoms with Crippen molar-refractivity contribution in [1.82, 2.24) is 0 Å². The van der Waals surface area contributed by atoms with Gasteiger partial charge in [-0.1, -0.05) is 18.7 Å². The van der Waals surface area contributed by atoms with E-state index in [1.807, 2.05) is 11.3 Å². The van der Waals surface area contributed by atoms with Gasteiger partial charge in [-0.2, -0.15) is 0 Å². The Kier molecular flexibility index (Phi) is 9.37. The van der Waals surface area contributed by atoms with E-state index in [0.717, 1.165) is 5.54 Å². The van der Waals surface area contributed by atoms with Gasteiger partial charge in [-0.15, -0.1) is 11.3 Å². The van der Waals surface area contributed by atoms with Crippen LogP contribution in [0, 0.1) is 0 Å². The van der Waals surface area contributed by atoms with Crippen LogP contribution in [-0.4, -0.2) is 8.07 Å². The van der Waals surface area contributed by atoms with Crippen molar-refractivity contribution in [1.29, 1.82) is 0 Å². The smallest absolute Gasteiger partial charge is 1.00 e. The molecule has 0 saturated heterocycles. The molecule has 1 aromatic heterocycles. The summed E-state index contributed by atoms with van der Waals surface area (Å²) in [5.74, 6) is 0. The number of halogens is 2. The number of thiophene rings is 1. The zero-order valence-electron chi connectivity index (χ0n) is 21.2. The molecule has 4 aliphatic rings. The maximum Gasteiger partial charge on any atom is -1.00 e. The average Bonchev–Trinajstić information content (AvgIpc) is 3.50. The fraction of sp³-hybridized carbons (Fsp3) is 0.333. The second kappa shape index (κ2) is 11.4. The van der Waals surface area contributed by atoms with Crippen LogP contribution in [0.1, 0.15) is 69.9 Å². The van der Waals surface area contributed by atoms with Crippen molar-refractivity contribution in [2.45, 2.75) is 62.3 Å². The fourth-order valence-electron chi connectivity index (χ4n) is 6.14. The summed E-state index contributed by atoms with van der Waals surface area (Å²) >= 11 is 3.54. The SMILES string of the molecule is CC1=C2c3sccc3C1[Si]2(C)C.CCCCc1ccc(-c2cccc3c2C=C(C)[CH]3[Zr+2])cc1.[Cl-].[Cl-]. The van der Waals surface area contributed by atoms with E-state index in [-0.39, 0.29) is 24.8 Å². The van der Waals surface area contributed by atoms with Crippen LogP contribution >= 0.6 is 11.3 Å². The summed E-state index contributed by atoms with van der Waals surface area (Å²) in [4.78, 5) is 1.63. The van der Waals surface area contributed by atoms with E-state index in [2.05, 4.69) is 93.9 Å². The van der Waals surface area contributed by atoms with Crippen LogP contribution in [0.5, 0.6) is 0 Å². The Labute approximate surface area is 244 Å². The van der Waals surface area contributed by atoms with E-state index < -0.39 is 8.07 Å². The third-order valence-corrected chi connectivity index (χ3v) is 14.9. The standard InChI is InChI=1S/C20H21.C10H12SSi.2ClH.Zr/c1-3-4-6-16-9-11-17(12-10-16)19-8-5-7-18-13-15(2)14-20(18)19;1-6-9-7-4-5-11-8(7)10(6)12(9,2)3;;;/h5,7-14H,3-4,6H2,1-2H3;4-5,9H,1-3H3;2*1H;/q;;;;+2/p-2. The molecule has 3 aromatic rings. The number of benzene rings is 2. The van der Waals surface area contributed by atoms with Crippen LogP contribution in [0.4, 0.5) is 0 Å². The van der Waals surface area contributed by atoms with Crippen LogP contribution < -0.4 is 24.8 Å². The molecule has 2 aliphatic carbocycles. The average molecular weight is 616 g/mol. The van der Waals surface area contributed by atoms with Crippen molar-refractivity contribution in [2.75, 3.05) is 0 Å². The molecule has 181 valence electrons. The second-order valence-corrected chi connectivity index (χ2v) is 17.2. The zero-order chi connectivity index (χ0) is 23.3. The molecule has 2 unspecified atom stereocenters. The topological polar surface area (TPSA) is 0 Å². The first kappa shape index (κ1) is 28.9. The third kappa shape index (κ3) is 4.94. The van der Waals surface area contributed by atoms with Crippen molar-refractivity contribution >= 4 is 30.7 Å². The van der Waals surface area contributed by atoms with E-state index in [4.69, 9.17) is 0 Å². The summed E-state index contributed by atoms with van der Waals surface area (Å²) in [5, 5.41) is 4.02. The first-order valence-electron chi connectivity index (χ1n) is 12.2. The Bertz CT molecular complexity index is 1270. The van der Waals surface area contributed by atoms with E-state index in [0.29, 0.717) is 3.63 Å². The maximum atomic E-state index is 2.51. The normalized spacial score (nSPS) is 19.9. The number of allylic oxidation sites excluding steroid dienone is 2. The third-order valence-electron chi connectivity index (χ3n) is 7.79. The van der Waals surface area contributed by atoms with Gasteiger partial charge in [0.1, 0.15) is 0 Å². The molecule has 0 nitrogen and oxygen atoms in total. The van der Waals surface area contributed by atoms with Gasteiger partial charge >= 0.3 is 143 Å². The Morgan fingerprint density at radius 1 is 0.943 bits per heavy atom. The largest absolute Gasteiger partial charge is 1.00 e. The van der Waals surface area contributed by atoms with Crippen LogP contribution in [0.2, 0.25) is 13.1 Å². The van der Waals surface area contributed by atoms with Gasteiger partial charge in [0.2, 0.25) is 0 Å². The van der Waals surface area contributed by atoms with E-state index in [1.54, 1.807) is 45.9 Å². The molecule has 0 fully saturated rings. The van der Waals surface area contributed by atoms with Gasteiger partial charge in [-0.25, -0.2) is 0 Å². The Morgan fingerprint density at radius 2 is 1.66 bits per heavy atom. The van der Waals surface area contributed by atoms with Gasteiger partial charge in [0.05, 0.1) is 8.07 Å². The van der Waals surface area contributed by atoms with Gasteiger partial charge in [0.15, 0.2) is 0 Å². The van der Waals surface area contributed by atoms with E-state index >= 15 is 0 Å². The van der Waals surface area contributed by atoms with Gasteiger partial charge < -0.3 is 24.8 Å². The van der Waals surface area contributed by atoms with Crippen molar-refractivity contribution in [3.63, 3.8) is 0 Å². The summed E-state index contributed by atoms with van der Waals surface area (Å²) < 4.78 is 0.649. The number of unbranched alkanes of at least 4 members (excludes halogenated alkanes) is 1. The van der Waals surface area contributed by atoms with Gasteiger partial charge in [-0.3, -0.25) is 0 Å².